The second kappa shape index (κ2) is 9.58. The molecule has 4 aliphatic rings. The van der Waals surface area contributed by atoms with Gasteiger partial charge in [-0.3, -0.25) is 14.5 Å². The average Bonchev–Trinajstić information content (AvgIpc) is 3.43. The van der Waals surface area contributed by atoms with Crippen LogP contribution in [0.3, 0.4) is 0 Å². The summed E-state index contributed by atoms with van der Waals surface area (Å²) < 4.78 is 28.3. The van der Waals surface area contributed by atoms with Gasteiger partial charge in [0.2, 0.25) is 0 Å². The van der Waals surface area contributed by atoms with E-state index in [0.29, 0.717) is 13.0 Å². The molecule has 4 fully saturated rings. The van der Waals surface area contributed by atoms with E-state index in [1.54, 1.807) is 0 Å². The Morgan fingerprint density at radius 2 is 1.94 bits per heavy atom. The van der Waals surface area contributed by atoms with Crippen LogP contribution in [0.4, 0.5) is 4.79 Å². The van der Waals surface area contributed by atoms with Crippen molar-refractivity contribution in [3.63, 3.8) is 0 Å². The predicted molar refractivity (Wildman–Crippen MR) is 118 cm³/mol. The maximum absolute atomic E-state index is 13.4. The van der Waals surface area contributed by atoms with Crippen LogP contribution >= 0.6 is 0 Å². The topological polar surface area (TPSA) is 118 Å². The number of hydrogen-bond acceptors (Lipinski definition) is 9. The number of likely N-dealkylation sites (tertiary alicyclic amines) is 1. The van der Waals surface area contributed by atoms with Crippen LogP contribution in [0.5, 0.6) is 0 Å². The van der Waals surface area contributed by atoms with Gasteiger partial charge in [-0.25, -0.2) is 9.59 Å². The van der Waals surface area contributed by atoms with Crippen LogP contribution < -0.4 is 0 Å². The number of hydrogen-bond donors (Lipinski definition) is 0. The van der Waals surface area contributed by atoms with Crippen molar-refractivity contribution in [1.82, 2.24) is 4.90 Å². The third kappa shape index (κ3) is 4.29. The van der Waals surface area contributed by atoms with Gasteiger partial charge in [-0.2, -0.15) is 0 Å². The second-order valence-electron chi connectivity index (χ2n) is 9.47. The molecule has 188 valence electrons. The van der Waals surface area contributed by atoms with Crippen LogP contribution in [0.2, 0.25) is 0 Å². The summed E-state index contributed by atoms with van der Waals surface area (Å²) in [6.07, 6.45) is 0.0276. The van der Waals surface area contributed by atoms with Crippen LogP contribution in [0.25, 0.3) is 0 Å². The molecule has 1 aromatic rings. The number of carbonyl (C=O) groups is 4. The Labute approximate surface area is 202 Å². The first-order valence-electron chi connectivity index (χ1n) is 12.0. The van der Waals surface area contributed by atoms with Crippen molar-refractivity contribution in [3.8, 4) is 0 Å². The van der Waals surface area contributed by atoms with E-state index in [9.17, 15) is 19.2 Å². The van der Waals surface area contributed by atoms with Crippen molar-refractivity contribution in [2.75, 3.05) is 13.7 Å². The first kappa shape index (κ1) is 23.7. The molecule has 1 aliphatic carbocycles. The quantitative estimate of drug-likeness (QED) is 0.455. The Morgan fingerprint density at radius 1 is 1.14 bits per heavy atom. The molecule has 1 amide bonds. The predicted octanol–water partition coefficient (Wildman–Crippen LogP) is 2.13. The molecule has 3 heterocycles. The third-order valence-corrected chi connectivity index (χ3v) is 7.48. The van der Waals surface area contributed by atoms with Gasteiger partial charge in [0.15, 0.2) is 18.2 Å². The van der Waals surface area contributed by atoms with Crippen molar-refractivity contribution in [2.45, 2.75) is 75.2 Å². The number of methoxy groups -OCH3 is 1. The molecular weight excluding hydrogens is 458 g/mol. The highest BCUT2D eigenvalue weighted by atomic mass is 16.7. The Kier molecular flexibility index (Phi) is 6.50. The van der Waals surface area contributed by atoms with Crippen LogP contribution in [-0.4, -0.2) is 72.5 Å². The molecule has 0 N–H and O–H groups in total. The van der Waals surface area contributed by atoms with Gasteiger partial charge in [-0.15, -0.1) is 0 Å². The van der Waals surface area contributed by atoms with Gasteiger partial charge in [0.1, 0.15) is 18.2 Å². The van der Waals surface area contributed by atoms with E-state index < -0.39 is 54.0 Å². The number of amides is 1. The molecule has 10 nitrogen and oxygen atoms in total. The summed E-state index contributed by atoms with van der Waals surface area (Å²) in [6.45, 7) is 0.523. The van der Waals surface area contributed by atoms with Crippen molar-refractivity contribution >= 4 is 23.8 Å². The van der Waals surface area contributed by atoms with Crippen molar-refractivity contribution < 1.29 is 42.9 Å². The first-order chi connectivity index (χ1) is 16.9. The Balaban J connectivity index is 1.49. The van der Waals surface area contributed by atoms with E-state index in [1.165, 1.54) is 12.0 Å². The number of rotatable bonds is 5. The van der Waals surface area contributed by atoms with Crippen LogP contribution in [0.15, 0.2) is 30.3 Å². The number of nitrogens with zero attached hydrogens (tertiary/aromatic N) is 1. The number of benzene rings is 1. The molecule has 10 heteroatoms. The molecule has 1 saturated carbocycles. The Hall–Kier alpha value is -2.98. The summed E-state index contributed by atoms with van der Waals surface area (Å²) >= 11 is 0. The highest BCUT2D eigenvalue weighted by molar-refractivity contribution is 5.92. The molecule has 35 heavy (non-hydrogen) atoms. The van der Waals surface area contributed by atoms with Gasteiger partial charge in [-0.1, -0.05) is 30.3 Å². The van der Waals surface area contributed by atoms with Crippen molar-refractivity contribution in [3.05, 3.63) is 35.9 Å². The molecular formula is C25H29NO9. The summed E-state index contributed by atoms with van der Waals surface area (Å²) in [5, 5.41) is 0. The van der Waals surface area contributed by atoms with E-state index in [4.69, 9.17) is 23.7 Å². The smallest absolute Gasteiger partial charge is 0.411 e. The van der Waals surface area contributed by atoms with Gasteiger partial charge in [0, 0.05) is 25.4 Å². The van der Waals surface area contributed by atoms with Crippen LogP contribution in [-0.2, 0) is 44.7 Å². The lowest BCUT2D eigenvalue weighted by atomic mass is 9.69. The van der Waals surface area contributed by atoms with Gasteiger partial charge in [0.25, 0.3) is 0 Å². The molecule has 1 aromatic carbocycles. The fourth-order valence-electron chi connectivity index (χ4n) is 5.89. The monoisotopic (exact) mass is 487 g/mol. The highest BCUT2D eigenvalue weighted by Crippen LogP contribution is 2.53. The van der Waals surface area contributed by atoms with Gasteiger partial charge < -0.3 is 23.7 Å². The highest BCUT2D eigenvalue weighted by Gasteiger charge is 2.69. The van der Waals surface area contributed by atoms with E-state index in [0.717, 1.165) is 18.4 Å². The van der Waals surface area contributed by atoms with E-state index in [-0.39, 0.29) is 31.7 Å². The Bertz CT molecular complexity index is 992. The van der Waals surface area contributed by atoms with E-state index in [2.05, 4.69) is 0 Å². The molecule has 1 unspecified atom stereocenters. The molecule has 0 spiro atoms. The standard InChI is InChI=1S/C25H29NO9/c1-31-23(29)17-13-25(35-21-9-5-6-10-32-21)16-11-20(28)34-22(16)18(27)12-19(25)26(17)24(30)33-14-15-7-3-2-4-8-15/h2-4,7-8,16-17,19,21-22H,5-6,9-14H2,1H3/t16-,17+,19-,21?,22+,25-/m1/s1. The number of ketones is 1. The second-order valence-corrected chi connectivity index (χ2v) is 9.47. The molecule has 5 rings (SSSR count). The number of carbonyl (C=O) groups excluding carboxylic acids is 4. The lowest BCUT2D eigenvalue weighted by Crippen LogP contribution is -2.62. The molecule has 0 aromatic heterocycles. The summed E-state index contributed by atoms with van der Waals surface area (Å²) in [5.74, 6) is -2.09. The summed E-state index contributed by atoms with van der Waals surface area (Å²) in [5.41, 5.74) is -0.417. The minimum atomic E-state index is -1.20. The maximum atomic E-state index is 13.4. The maximum Gasteiger partial charge on any atom is 0.411 e. The molecule has 0 radical (unpaired) electrons. The summed E-state index contributed by atoms with van der Waals surface area (Å²) in [6, 6.07) is 7.28. The minimum absolute atomic E-state index is 0.00201. The molecule has 3 saturated heterocycles. The summed E-state index contributed by atoms with van der Waals surface area (Å²) in [7, 11) is 1.24. The normalized spacial score (nSPS) is 34.1. The first-order valence-corrected chi connectivity index (χ1v) is 12.0. The number of esters is 2. The number of ether oxygens (including phenoxy) is 5. The zero-order chi connectivity index (χ0) is 24.6. The fourth-order valence-corrected chi connectivity index (χ4v) is 5.89. The zero-order valence-corrected chi connectivity index (χ0v) is 19.6. The largest absolute Gasteiger partial charge is 0.467 e. The minimum Gasteiger partial charge on any atom is -0.467 e. The fraction of sp³-hybridized carbons (Fsp3) is 0.600. The number of Topliss-reactive ketones (excluding diaryl/α,β-unsaturated/α-hetero) is 1. The lowest BCUT2D eigenvalue weighted by molar-refractivity contribution is -0.254. The SMILES string of the molecule is COC(=O)[C@@H]1C[C@@]2(OC3CCCCO3)[C@@H]3CC(=O)O[C@@H]3C(=O)C[C@H]2N1C(=O)OCc1ccccc1. The zero-order valence-electron chi connectivity index (χ0n) is 19.6. The van der Waals surface area contributed by atoms with Gasteiger partial charge >= 0.3 is 18.0 Å². The average molecular weight is 488 g/mol. The molecule has 3 aliphatic heterocycles. The molecule has 6 atom stereocenters. The van der Waals surface area contributed by atoms with Crippen molar-refractivity contribution in [2.24, 2.45) is 5.92 Å². The Morgan fingerprint density at radius 3 is 2.66 bits per heavy atom. The summed E-state index contributed by atoms with van der Waals surface area (Å²) in [4.78, 5) is 52.9. The number of fused-ring (bicyclic) bond motifs is 3. The van der Waals surface area contributed by atoms with Gasteiger partial charge in [-0.05, 0) is 24.8 Å². The van der Waals surface area contributed by atoms with Crippen molar-refractivity contribution in [1.29, 1.82) is 0 Å². The van der Waals surface area contributed by atoms with Crippen LogP contribution in [0, 0.1) is 5.92 Å². The molecule has 0 bridgehead atoms. The van der Waals surface area contributed by atoms with Gasteiger partial charge in [0.05, 0.1) is 19.6 Å². The van der Waals surface area contributed by atoms with E-state index in [1.807, 2.05) is 30.3 Å². The lowest BCUT2D eigenvalue weighted by Gasteiger charge is -2.47. The third-order valence-electron chi connectivity index (χ3n) is 7.48. The van der Waals surface area contributed by atoms with Crippen LogP contribution in [0.1, 0.15) is 44.1 Å². The van der Waals surface area contributed by atoms with E-state index >= 15 is 0 Å².